The van der Waals surface area contributed by atoms with Crippen molar-refractivity contribution in [3.63, 3.8) is 0 Å². The number of carboxylic acids is 2. The van der Waals surface area contributed by atoms with Gasteiger partial charge in [0.25, 0.3) is 0 Å². The summed E-state index contributed by atoms with van der Waals surface area (Å²) in [6.07, 6.45) is -4.01. The Labute approximate surface area is 116 Å². The van der Waals surface area contributed by atoms with Gasteiger partial charge in [0.2, 0.25) is 0 Å². The third-order valence-corrected chi connectivity index (χ3v) is 1.000. The van der Waals surface area contributed by atoms with E-state index in [1.807, 2.05) is 0 Å². The van der Waals surface area contributed by atoms with Crippen molar-refractivity contribution in [3.8, 4) is 0 Å². The Kier molecular flexibility index (Phi) is 12.0. The fraction of sp³-hybridized carbons (Fsp3) is 0.778. The van der Waals surface area contributed by atoms with Gasteiger partial charge in [-0.3, -0.25) is 4.79 Å². The molecule has 0 radical (unpaired) electrons. The van der Waals surface area contributed by atoms with Gasteiger partial charge in [-0.2, -0.15) is 0 Å². The van der Waals surface area contributed by atoms with Crippen LogP contribution < -0.4 is 34.7 Å². The van der Waals surface area contributed by atoms with Crippen LogP contribution in [-0.4, -0.2) is 28.3 Å². The van der Waals surface area contributed by atoms with Crippen LogP contribution in [0.25, 0.3) is 0 Å². The summed E-state index contributed by atoms with van der Waals surface area (Å²) in [5.41, 5.74) is 0. The Morgan fingerprint density at radius 2 is 1.93 bits per heavy atom. The normalized spacial score (nSPS) is 16.3. The van der Waals surface area contributed by atoms with Crippen LogP contribution in [0.1, 0.15) is 43.6 Å². The second-order valence-corrected chi connectivity index (χ2v) is 2.44. The molecule has 0 heterocycles. The molecule has 0 aromatic rings. The minimum absolute atomic E-state index is 0. The summed E-state index contributed by atoms with van der Waals surface area (Å²) in [4.78, 5) is 19.6. The topological polar surface area (TPSA) is 97.7 Å². The monoisotopic (exact) mass is 231 g/mol. The largest absolute Gasteiger partial charge is 1.00 e. The molecule has 0 spiro atoms. The van der Waals surface area contributed by atoms with E-state index in [4.69, 9.17) is 14.3 Å². The molecule has 2 N–H and O–H groups in total. The van der Waals surface area contributed by atoms with E-state index >= 15 is 0 Å². The first-order chi connectivity index (χ1) is 7.57. The van der Waals surface area contributed by atoms with E-state index in [0.717, 1.165) is 6.92 Å². The zero-order chi connectivity index (χ0) is 14.2. The van der Waals surface area contributed by atoms with Crippen LogP contribution in [0.15, 0.2) is 0 Å². The Morgan fingerprint density at radius 3 is 2.13 bits per heavy atom. The molecule has 0 aliphatic carbocycles. The summed E-state index contributed by atoms with van der Waals surface area (Å²) in [6.45, 7) is 2.93. The minimum atomic E-state index is -2.41. The van der Waals surface area contributed by atoms with Crippen LogP contribution in [0, 0.1) is 0 Å². The first-order valence-electron chi connectivity index (χ1n) is 5.69. The molecule has 0 bridgehead atoms. The van der Waals surface area contributed by atoms with E-state index in [1.165, 1.54) is 0 Å². The number of carboxylic acid groups (broad SMARTS) is 2. The van der Waals surface area contributed by atoms with Crippen molar-refractivity contribution in [1.29, 1.82) is 0 Å². The van der Waals surface area contributed by atoms with Crippen LogP contribution in [0.3, 0.4) is 0 Å². The van der Waals surface area contributed by atoms with Crippen LogP contribution in [-0.2, 0) is 9.59 Å². The maximum absolute atomic E-state index is 10.2. The fourth-order valence-electron chi connectivity index (χ4n) is 0.304. The maximum atomic E-state index is 10.2. The number of carbonyl (C=O) groups is 2. The van der Waals surface area contributed by atoms with Gasteiger partial charge in [-0.1, -0.05) is 19.8 Å². The Bertz CT molecular complexity index is 261. The van der Waals surface area contributed by atoms with Crippen molar-refractivity contribution in [2.24, 2.45) is 0 Å². The molecule has 0 rings (SSSR count). The van der Waals surface area contributed by atoms with Gasteiger partial charge in [0, 0.05) is 10.5 Å². The van der Waals surface area contributed by atoms with Gasteiger partial charge in [-0.25, -0.2) is 0 Å². The number of carbonyl (C=O) groups excluding carboxylic acids is 1. The van der Waals surface area contributed by atoms with Crippen LogP contribution in [0.5, 0.6) is 0 Å². The summed E-state index contributed by atoms with van der Waals surface area (Å²) in [5.74, 6) is -2.99. The maximum Gasteiger partial charge on any atom is 1.00 e. The average Bonchev–Trinajstić information content (AvgIpc) is 2.18. The SMILES string of the molecule is CC(O)C(=O)[O-].[2H]C(CCC)C([2H])([2H])C(=O)O.[Na+]. The Balaban J connectivity index is -0.000000277. The van der Waals surface area contributed by atoms with E-state index < -0.39 is 30.8 Å². The van der Waals surface area contributed by atoms with E-state index in [1.54, 1.807) is 6.92 Å². The van der Waals surface area contributed by atoms with Gasteiger partial charge in [-0.15, -0.1) is 0 Å². The molecule has 15 heavy (non-hydrogen) atoms. The van der Waals surface area contributed by atoms with E-state index in [2.05, 4.69) is 0 Å². The van der Waals surface area contributed by atoms with Gasteiger partial charge >= 0.3 is 35.5 Å². The summed E-state index contributed by atoms with van der Waals surface area (Å²) >= 11 is 0. The molecular formula is C9H17NaO5. The average molecular weight is 231 g/mol. The number of aliphatic carboxylic acids is 2. The molecule has 0 amide bonds. The zero-order valence-corrected chi connectivity index (χ0v) is 11.2. The molecular weight excluding hydrogens is 211 g/mol. The molecule has 0 saturated carbocycles. The summed E-state index contributed by atoms with van der Waals surface area (Å²) in [7, 11) is 0. The molecule has 2 unspecified atom stereocenters. The van der Waals surface area contributed by atoms with Crippen molar-refractivity contribution in [2.75, 3.05) is 0 Å². The molecule has 2 atom stereocenters. The number of aliphatic hydroxyl groups is 1. The first-order valence-corrected chi connectivity index (χ1v) is 4.11. The quantitative estimate of drug-likeness (QED) is 0.485. The van der Waals surface area contributed by atoms with Crippen LogP contribution in [0.2, 0.25) is 0 Å². The van der Waals surface area contributed by atoms with Crippen molar-refractivity contribution < 1.29 is 58.6 Å². The van der Waals surface area contributed by atoms with Crippen molar-refractivity contribution >= 4 is 11.9 Å². The van der Waals surface area contributed by atoms with Gasteiger partial charge < -0.3 is 20.1 Å². The Hall–Kier alpha value is -0.100. The zero-order valence-electron chi connectivity index (χ0n) is 12.2. The summed E-state index contributed by atoms with van der Waals surface area (Å²) < 4.78 is 21.1. The summed E-state index contributed by atoms with van der Waals surface area (Å²) in [5, 5.41) is 25.6. The minimum Gasteiger partial charge on any atom is -0.547 e. The molecule has 0 saturated heterocycles. The third kappa shape index (κ3) is 24.9. The standard InChI is InChI=1S/C6H12O2.C3H6O3.Na/c1-2-3-4-5-6(7)8;1-2(4)3(5)6;/h2-5H2,1H3,(H,7,8);2,4H,1H3,(H,5,6);/q;;+1/p-1/i4D,5D2;;. The molecule has 6 heteroatoms. The van der Waals surface area contributed by atoms with E-state index in [-0.39, 0.29) is 36.0 Å². The number of aliphatic hydroxyl groups excluding tert-OH is 1. The number of hydrogen-bond donors (Lipinski definition) is 2. The smallest absolute Gasteiger partial charge is 0.547 e. The van der Waals surface area contributed by atoms with Crippen molar-refractivity contribution in [1.82, 2.24) is 0 Å². The van der Waals surface area contributed by atoms with E-state index in [0.29, 0.717) is 6.42 Å². The molecule has 84 valence electrons. The van der Waals surface area contributed by atoms with Crippen LogP contribution >= 0.6 is 0 Å². The molecule has 0 aromatic heterocycles. The predicted molar refractivity (Wildman–Crippen MR) is 48.5 cm³/mol. The third-order valence-electron chi connectivity index (χ3n) is 1.000. The van der Waals surface area contributed by atoms with Gasteiger partial charge in [0.15, 0.2) is 0 Å². The van der Waals surface area contributed by atoms with E-state index in [9.17, 15) is 14.7 Å². The second kappa shape index (κ2) is 13.9. The molecule has 0 aromatic carbocycles. The molecule has 0 aliphatic heterocycles. The van der Waals surface area contributed by atoms with Gasteiger partial charge in [0.05, 0.1) is 12.1 Å². The fourth-order valence-corrected chi connectivity index (χ4v) is 0.304. The van der Waals surface area contributed by atoms with Gasteiger partial charge in [-0.05, 0) is 13.3 Å². The second-order valence-electron chi connectivity index (χ2n) is 2.44. The van der Waals surface area contributed by atoms with Gasteiger partial charge in [0.1, 0.15) is 0 Å². The van der Waals surface area contributed by atoms with Crippen molar-refractivity contribution in [2.45, 2.75) is 45.6 Å². The number of hydrogen-bond acceptors (Lipinski definition) is 4. The van der Waals surface area contributed by atoms with Crippen LogP contribution in [0.4, 0.5) is 0 Å². The van der Waals surface area contributed by atoms with Crippen molar-refractivity contribution in [3.05, 3.63) is 0 Å². The number of rotatable bonds is 5. The molecule has 0 aliphatic rings. The first kappa shape index (κ1) is 13.0. The summed E-state index contributed by atoms with van der Waals surface area (Å²) in [6, 6.07) is 0. The molecule has 0 fully saturated rings. The Morgan fingerprint density at radius 1 is 1.53 bits per heavy atom. The molecule has 5 nitrogen and oxygen atoms in total. The predicted octanol–water partition coefficient (Wildman–Crippen LogP) is -3.23.